The standard InChI is InChI=1S/C13H20Br2S/c1-4-6-10(7-5-2)12(14)11-8-9(3)13(15)16-11/h8,10,12H,4-7H2,1-3H3. The summed E-state index contributed by atoms with van der Waals surface area (Å²) >= 11 is 9.37. The largest absolute Gasteiger partial charge is 0.132 e. The number of halogens is 2. The summed E-state index contributed by atoms with van der Waals surface area (Å²) in [6.07, 6.45) is 5.19. The molecule has 0 fully saturated rings. The van der Waals surface area contributed by atoms with Gasteiger partial charge in [0.25, 0.3) is 0 Å². The van der Waals surface area contributed by atoms with Crippen molar-refractivity contribution in [1.29, 1.82) is 0 Å². The van der Waals surface area contributed by atoms with Crippen molar-refractivity contribution in [3.8, 4) is 0 Å². The lowest BCUT2D eigenvalue weighted by Crippen LogP contribution is -2.06. The maximum absolute atomic E-state index is 3.89. The topological polar surface area (TPSA) is 0 Å². The Morgan fingerprint density at radius 1 is 1.25 bits per heavy atom. The summed E-state index contributed by atoms with van der Waals surface area (Å²) in [5.41, 5.74) is 1.36. The molecular weight excluding hydrogens is 348 g/mol. The molecule has 0 saturated carbocycles. The van der Waals surface area contributed by atoms with Gasteiger partial charge in [-0.2, -0.15) is 0 Å². The van der Waals surface area contributed by atoms with Crippen LogP contribution in [0, 0.1) is 12.8 Å². The van der Waals surface area contributed by atoms with Crippen molar-refractivity contribution in [2.45, 2.75) is 51.3 Å². The van der Waals surface area contributed by atoms with Crippen molar-refractivity contribution in [3.63, 3.8) is 0 Å². The average molecular weight is 368 g/mol. The SMILES string of the molecule is CCCC(CCC)C(Br)c1cc(C)c(Br)s1. The monoisotopic (exact) mass is 366 g/mol. The number of aryl methyl sites for hydroxylation is 1. The summed E-state index contributed by atoms with van der Waals surface area (Å²) in [6.45, 7) is 6.72. The minimum Gasteiger partial charge on any atom is -0.132 e. The number of rotatable bonds is 6. The molecule has 0 aliphatic rings. The van der Waals surface area contributed by atoms with E-state index in [4.69, 9.17) is 0 Å². The molecule has 3 heteroatoms. The van der Waals surface area contributed by atoms with E-state index in [0.717, 1.165) is 5.92 Å². The summed E-state index contributed by atoms with van der Waals surface area (Å²) in [6, 6.07) is 2.31. The van der Waals surface area contributed by atoms with E-state index in [2.05, 4.69) is 58.7 Å². The summed E-state index contributed by atoms with van der Waals surface area (Å²) in [4.78, 5) is 2.00. The Morgan fingerprint density at radius 2 is 1.81 bits per heavy atom. The van der Waals surface area contributed by atoms with E-state index < -0.39 is 0 Å². The number of hydrogen-bond donors (Lipinski definition) is 0. The number of alkyl halides is 1. The molecule has 92 valence electrons. The molecule has 0 aliphatic carbocycles. The van der Waals surface area contributed by atoms with E-state index in [1.165, 1.54) is 39.9 Å². The van der Waals surface area contributed by atoms with Crippen LogP contribution in [-0.2, 0) is 0 Å². The predicted molar refractivity (Wildman–Crippen MR) is 81.7 cm³/mol. The molecule has 1 heterocycles. The van der Waals surface area contributed by atoms with Gasteiger partial charge in [-0.1, -0.05) is 42.6 Å². The van der Waals surface area contributed by atoms with Gasteiger partial charge in [0.2, 0.25) is 0 Å². The van der Waals surface area contributed by atoms with Crippen LogP contribution in [0.4, 0.5) is 0 Å². The van der Waals surface area contributed by atoms with Crippen molar-refractivity contribution in [1.82, 2.24) is 0 Å². The number of thiophene rings is 1. The van der Waals surface area contributed by atoms with Crippen LogP contribution in [-0.4, -0.2) is 0 Å². The fourth-order valence-corrected chi connectivity index (χ4v) is 4.61. The van der Waals surface area contributed by atoms with Crippen LogP contribution in [0.2, 0.25) is 0 Å². The highest BCUT2D eigenvalue weighted by atomic mass is 79.9. The third kappa shape index (κ3) is 3.85. The molecule has 16 heavy (non-hydrogen) atoms. The van der Waals surface area contributed by atoms with Crippen LogP contribution in [0.25, 0.3) is 0 Å². The molecule has 0 bridgehead atoms. The Labute approximate surface area is 120 Å². The number of hydrogen-bond acceptors (Lipinski definition) is 1. The quantitative estimate of drug-likeness (QED) is 0.505. The van der Waals surface area contributed by atoms with Crippen LogP contribution < -0.4 is 0 Å². The lowest BCUT2D eigenvalue weighted by Gasteiger charge is -2.20. The van der Waals surface area contributed by atoms with Gasteiger partial charge < -0.3 is 0 Å². The van der Waals surface area contributed by atoms with E-state index in [1.807, 2.05) is 11.3 Å². The van der Waals surface area contributed by atoms with Gasteiger partial charge in [-0.05, 0) is 53.2 Å². The summed E-state index contributed by atoms with van der Waals surface area (Å²) in [5, 5.41) is 0. The molecule has 0 nitrogen and oxygen atoms in total. The maximum atomic E-state index is 3.89. The Hall–Kier alpha value is 0.660. The second kappa shape index (κ2) is 7.17. The molecule has 0 N–H and O–H groups in total. The zero-order valence-corrected chi connectivity index (χ0v) is 14.2. The van der Waals surface area contributed by atoms with Crippen molar-refractivity contribution < 1.29 is 0 Å². The van der Waals surface area contributed by atoms with Gasteiger partial charge in [0, 0.05) is 4.88 Å². The smallest absolute Gasteiger partial charge is 0.0730 e. The molecule has 1 atom stereocenters. The Balaban J connectivity index is 2.76. The minimum atomic E-state index is 0.530. The fourth-order valence-electron chi connectivity index (χ4n) is 2.03. The van der Waals surface area contributed by atoms with Gasteiger partial charge in [0.15, 0.2) is 0 Å². The van der Waals surface area contributed by atoms with Gasteiger partial charge >= 0.3 is 0 Å². The molecule has 0 aromatic carbocycles. The first-order valence-corrected chi connectivity index (χ1v) is 8.52. The highest BCUT2D eigenvalue weighted by Crippen LogP contribution is 2.42. The Kier molecular flexibility index (Phi) is 6.60. The van der Waals surface area contributed by atoms with E-state index in [1.54, 1.807) is 0 Å². The fraction of sp³-hybridized carbons (Fsp3) is 0.692. The van der Waals surface area contributed by atoms with Crippen molar-refractivity contribution in [2.75, 3.05) is 0 Å². The molecular formula is C13H20Br2S. The van der Waals surface area contributed by atoms with Gasteiger partial charge in [-0.3, -0.25) is 0 Å². The molecule has 0 spiro atoms. The highest BCUT2D eigenvalue weighted by molar-refractivity contribution is 9.11. The van der Waals surface area contributed by atoms with Crippen molar-refractivity contribution in [2.24, 2.45) is 5.92 Å². The molecule has 0 saturated heterocycles. The van der Waals surface area contributed by atoms with Gasteiger partial charge in [-0.25, -0.2) is 0 Å². The van der Waals surface area contributed by atoms with Gasteiger partial charge in [0.05, 0.1) is 8.61 Å². The van der Waals surface area contributed by atoms with Crippen LogP contribution >= 0.6 is 43.2 Å². The van der Waals surface area contributed by atoms with Crippen LogP contribution in [0.5, 0.6) is 0 Å². The normalized spacial score (nSPS) is 13.4. The third-order valence-electron chi connectivity index (χ3n) is 2.88. The van der Waals surface area contributed by atoms with Crippen molar-refractivity contribution in [3.05, 3.63) is 20.3 Å². The van der Waals surface area contributed by atoms with Crippen LogP contribution in [0.3, 0.4) is 0 Å². The third-order valence-corrected chi connectivity index (χ3v) is 6.64. The highest BCUT2D eigenvalue weighted by Gasteiger charge is 2.21. The first-order valence-electron chi connectivity index (χ1n) is 6.00. The molecule has 0 radical (unpaired) electrons. The predicted octanol–water partition coefficient (Wildman–Crippen LogP) is 6.47. The Morgan fingerprint density at radius 3 is 2.19 bits per heavy atom. The summed E-state index contributed by atoms with van der Waals surface area (Å²) in [5.74, 6) is 0.778. The van der Waals surface area contributed by atoms with Gasteiger partial charge in [-0.15, -0.1) is 11.3 Å². The van der Waals surface area contributed by atoms with Gasteiger partial charge in [0.1, 0.15) is 0 Å². The van der Waals surface area contributed by atoms with E-state index in [0.29, 0.717) is 4.83 Å². The molecule has 0 aliphatic heterocycles. The second-order valence-electron chi connectivity index (χ2n) is 4.34. The summed E-state index contributed by atoms with van der Waals surface area (Å²) in [7, 11) is 0. The first-order chi connectivity index (χ1) is 7.60. The minimum absolute atomic E-state index is 0.530. The first kappa shape index (κ1) is 14.7. The van der Waals surface area contributed by atoms with E-state index in [9.17, 15) is 0 Å². The molecule has 0 amide bonds. The van der Waals surface area contributed by atoms with Crippen molar-refractivity contribution >= 4 is 43.2 Å². The average Bonchev–Trinajstić information content (AvgIpc) is 2.58. The zero-order valence-electron chi connectivity index (χ0n) is 10.2. The van der Waals surface area contributed by atoms with E-state index in [-0.39, 0.29) is 0 Å². The Bertz CT molecular complexity index is 294. The molecule has 1 aromatic heterocycles. The molecule has 1 unspecified atom stereocenters. The van der Waals surface area contributed by atoms with E-state index >= 15 is 0 Å². The van der Waals surface area contributed by atoms with Crippen LogP contribution in [0.15, 0.2) is 9.85 Å². The maximum Gasteiger partial charge on any atom is 0.0730 e. The lowest BCUT2D eigenvalue weighted by atomic mass is 9.94. The molecule has 1 aromatic rings. The zero-order chi connectivity index (χ0) is 12.1. The summed E-state index contributed by atoms with van der Waals surface area (Å²) < 4.78 is 1.28. The molecule has 1 rings (SSSR count). The van der Waals surface area contributed by atoms with Crippen LogP contribution in [0.1, 0.15) is 54.8 Å². The lowest BCUT2D eigenvalue weighted by molar-refractivity contribution is 0.438. The second-order valence-corrected chi connectivity index (χ2v) is 7.73.